The molecule has 120 valence electrons. The highest BCUT2D eigenvalue weighted by molar-refractivity contribution is 5.96. The summed E-state index contributed by atoms with van der Waals surface area (Å²) in [5.41, 5.74) is 1.39. The fourth-order valence-corrected chi connectivity index (χ4v) is 3.70. The monoisotopic (exact) mass is 301 g/mol. The Kier molecular flexibility index (Phi) is 4.50. The maximum Gasteiger partial charge on any atom is 0.244 e. The van der Waals surface area contributed by atoms with Crippen LogP contribution in [0.15, 0.2) is 30.3 Å². The number of carbonyl (C=O) groups excluding carboxylic acids is 1. The van der Waals surface area contributed by atoms with Gasteiger partial charge < -0.3 is 10.2 Å². The van der Waals surface area contributed by atoms with E-state index in [9.17, 15) is 4.79 Å². The van der Waals surface area contributed by atoms with Gasteiger partial charge in [-0.2, -0.15) is 0 Å². The lowest BCUT2D eigenvalue weighted by Gasteiger charge is -2.50. The van der Waals surface area contributed by atoms with Crippen LogP contribution in [0.1, 0.15) is 33.1 Å². The number of piperidine rings is 1. The summed E-state index contributed by atoms with van der Waals surface area (Å²) in [6, 6.07) is 9.94. The van der Waals surface area contributed by atoms with Crippen molar-refractivity contribution in [3.63, 3.8) is 0 Å². The Hall–Kier alpha value is -1.39. The maximum absolute atomic E-state index is 12.9. The van der Waals surface area contributed by atoms with E-state index < -0.39 is 0 Å². The van der Waals surface area contributed by atoms with Gasteiger partial charge in [-0.25, -0.2) is 0 Å². The van der Waals surface area contributed by atoms with E-state index in [4.69, 9.17) is 0 Å². The average Bonchev–Trinajstić information content (AvgIpc) is 2.54. The lowest BCUT2D eigenvalue weighted by molar-refractivity contribution is -0.124. The molecule has 0 radical (unpaired) electrons. The van der Waals surface area contributed by atoms with Gasteiger partial charge in [-0.1, -0.05) is 18.2 Å². The average molecular weight is 301 g/mol. The van der Waals surface area contributed by atoms with E-state index in [0.717, 1.165) is 25.3 Å². The van der Waals surface area contributed by atoms with Gasteiger partial charge in [0, 0.05) is 30.9 Å². The summed E-state index contributed by atoms with van der Waals surface area (Å²) in [4.78, 5) is 17.1. The van der Waals surface area contributed by atoms with Gasteiger partial charge in [0.05, 0.1) is 6.04 Å². The molecule has 2 fully saturated rings. The number of rotatable bonds is 4. The lowest BCUT2D eigenvalue weighted by Crippen LogP contribution is -2.63. The topological polar surface area (TPSA) is 35.6 Å². The minimum atomic E-state index is -0.0439. The number of nitrogens with one attached hydrogen (secondary N) is 1. The van der Waals surface area contributed by atoms with Crippen molar-refractivity contribution in [1.82, 2.24) is 10.2 Å². The molecule has 0 aromatic heterocycles. The van der Waals surface area contributed by atoms with Crippen molar-refractivity contribution in [2.75, 3.05) is 31.1 Å². The number of likely N-dealkylation sites (N-methyl/N-ethyl adjacent to an activating group) is 1. The molecule has 4 nitrogen and oxygen atoms in total. The quantitative estimate of drug-likeness (QED) is 0.926. The molecular formula is C18H27N3O. The summed E-state index contributed by atoms with van der Waals surface area (Å²) in [5, 5.41) is 3.59. The molecule has 0 aliphatic carbocycles. The first-order valence-corrected chi connectivity index (χ1v) is 8.51. The highest BCUT2D eigenvalue weighted by atomic mass is 16.2. The minimum absolute atomic E-state index is 0.0439. The lowest BCUT2D eigenvalue weighted by atomic mass is 9.79. The largest absolute Gasteiger partial charge is 0.311 e. The van der Waals surface area contributed by atoms with Crippen LogP contribution in [0.25, 0.3) is 0 Å². The molecule has 1 spiro atoms. The highest BCUT2D eigenvalue weighted by Gasteiger charge is 2.41. The third-order valence-electron chi connectivity index (χ3n) is 5.41. The Morgan fingerprint density at radius 2 is 1.91 bits per heavy atom. The molecule has 0 saturated carbocycles. The number of amides is 1. The normalized spacial score (nSPS) is 22.1. The molecule has 0 bridgehead atoms. The minimum Gasteiger partial charge on any atom is -0.311 e. The molecule has 4 heteroatoms. The van der Waals surface area contributed by atoms with Crippen molar-refractivity contribution < 1.29 is 4.79 Å². The number of para-hydroxylation sites is 1. The van der Waals surface area contributed by atoms with Gasteiger partial charge in [-0.15, -0.1) is 0 Å². The third-order valence-corrected chi connectivity index (χ3v) is 5.41. The smallest absolute Gasteiger partial charge is 0.244 e. The molecule has 22 heavy (non-hydrogen) atoms. The number of hydrogen-bond acceptors (Lipinski definition) is 3. The Balaban J connectivity index is 1.63. The van der Waals surface area contributed by atoms with Gasteiger partial charge >= 0.3 is 0 Å². The van der Waals surface area contributed by atoms with Crippen molar-refractivity contribution in [3.05, 3.63) is 30.3 Å². The van der Waals surface area contributed by atoms with Crippen molar-refractivity contribution in [1.29, 1.82) is 0 Å². The summed E-state index contributed by atoms with van der Waals surface area (Å²) in [7, 11) is 0. The molecule has 1 aromatic carbocycles. The number of carbonyl (C=O) groups is 1. The zero-order valence-electron chi connectivity index (χ0n) is 13.7. The maximum atomic E-state index is 12.9. The molecule has 2 heterocycles. The van der Waals surface area contributed by atoms with Crippen LogP contribution in [0, 0.1) is 0 Å². The van der Waals surface area contributed by atoms with Crippen molar-refractivity contribution >= 4 is 11.6 Å². The van der Waals surface area contributed by atoms with Crippen LogP contribution in [0.2, 0.25) is 0 Å². The zero-order valence-corrected chi connectivity index (χ0v) is 13.7. The van der Waals surface area contributed by atoms with E-state index in [2.05, 4.69) is 17.1 Å². The first kappa shape index (κ1) is 15.5. The highest BCUT2D eigenvalue weighted by Crippen LogP contribution is 2.32. The van der Waals surface area contributed by atoms with Crippen LogP contribution < -0.4 is 10.2 Å². The van der Waals surface area contributed by atoms with Gasteiger partial charge in [0.1, 0.15) is 0 Å². The van der Waals surface area contributed by atoms with Gasteiger partial charge in [0.2, 0.25) is 5.91 Å². The van der Waals surface area contributed by atoms with Crippen LogP contribution in [-0.2, 0) is 4.79 Å². The van der Waals surface area contributed by atoms with Crippen LogP contribution in [0.5, 0.6) is 0 Å². The predicted molar refractivity (Wildman–Crippen MR) is 90.1 cm³/mol. The van der Waals surface area contributed by atoms with E-state index in [1.54, 1.807) is 0 Å². The molecular weight excluding hydrogens is 274 g/mol. The summed E-state index contributed by atoms with van der Waals surface area (Å²) >= 11 is 0. The molecule has 3 rings (SSSR count). The van der Waals surface area contributed by atoms with Gasteiger partial charge in [0.15, 0.2) is 0 Å². The van der Waals surface area contributed by atoms with Crippen LogP contribution in [0.3, 0.4) is 0 Å². The molecule has 1 unspecified atom stereocenters. The predicted octanol–water partition coefficient (Wildman–Crippen LogP) is 2.26. The molecule has 1 aromatic rings. The standard InChI is InChI=1S/C18H27N3O/c1-3-21(16-7-5-4-6-8-16)17(22)15(2)20-13-10-18(11-14-20)9-12-19-18/h4-8,15,19H,3,9-14H2,1-2H3. The molecule has 2 aliphatic rings. The third kappa shape index (κ3) is 2.90. The summed E-state index contributed by atoms with van der Waals surface area (Å²) in [6.45, 7) is 8.01. The van der Waals surface area contributed by atoms with Crippen molar-refractivity contribution in [2.24, 2.45) is 0 Å². The number of anilines is 1. The van der Waals surface area contributed by atoms with Crippen molar-refractivity contribution in [2.45, 2.75) is 44.7 Å². The Morgan fingerprint density at radius 3 is 2.41 bits per heavy atom. The molecule has 2 saturated heterocycles. The van der Waals surface area contributed by atoms with E-state index in [1.807, 2.05) is 42.2 Å². The molecule has 2 aliphatic heterocycles. The fraction of sp³-hybridized carbons (Fsp3) is 0.611. The van der Waals surface area contributed by atoms with E-state index in [-0.39, 0.29) is 11.9 Å². The summed E-state index contributed by atoms with van der Waals surface area (Å²) < 4.78 is 0. The van der Waals surface area contributed by atoms with E-state index in [1.165, 1.54) is 19.3 Å². The second kappa shape index (κ2) is 6.39. The Labute approximate surface area is 133 Å². The van der Waals surface area contributed by atoms with Crippen LogP contribution >= 0.6 is 0 Å². The second-order valence-corrected chi connectivity index (χ2v) is 6.59. The first-order valence-electron chi connectivity index (χ1n) is 8.51. The number of hydrogen-bond donors (Lipinski definition) is 1. The second-order valence-electron chi connectivity index (χ2n) is 6.59. The molecule has 1 amide bonds. The summed E-state index contributed by atoms with van der Waals surface area (Å²) in [5.74, 6) is 0.214. The molecule has 1 atom stereocenters. The first-order chi connectivity index (χ1) is 10.7. The van der Waals surface area contributed by atoms with Crippen LogP contribution in [0.4, 0.5) is 5.69 Å². The Morgan fingerprint density at radius 1 is 1.27 bits per heavy atom. The fourth-order valence-electron chi connectivity index (χ4n) is 3.70. The zero-order chi connectivity index (χ0) is 15.6. The Bertz CT molecular complexity index is 502. The molecule has 1 N–H and O–H groups in total. The summed E-state index contributed by atoms with van der Waals surface area (Å²) in [6.07, 6.45) is 3.64. The number of nitrogens with zero attached hydrogens (tertiary/aromatic N) is 2. The number of benzene rings is 1. The number of likely N-dealkylation sites (tertiary alicyclic amines) is 1. The van der Waals surface area contributed by atoms with E-state index >= 15 is 0 Å². The van der Waals surface area contributed by atoms with Gasteiger partial charge in [-0.05, 0) is 51.8 Å². The van der Waals surface area contributed by atoms with Crippen molar-refractivity contribution in [3.8, 4) is 0 Å². The van der Waals surface area contributed by atoms with E-state index in [0.29, 0.717) is 12.1 Å². The van der Waals surface area contributed by atoms with Gasteiger partial charge in [-0.3, -0.25) is 9.69 Å². The SMILES string of the molecule is CCN(C(=O)C(C)N1CCC2(CCN2)CC1)c1ccccc1. The van der Waals surface area contributed by atoms with Crippen LogP contribution in [-0.4, -0.2) is 48.6 Å². The van der Waals surface area contributed by atoms with Gasteiger partial charge in [0.25, 0.3) is 0 Å².